The largest absolute Gasteiger partial charge is 0.378 e. The minimum absolute atomic E-state index is 0.170. The zero-order valence-electron chi connectivity index (χ0n) is 11.2. The maximum Gasteiger partial charge on any atom is 0.0721 e. The first-order valence-electron chi connectivity index (χ1n) is 7.16. The van der Waals surface area contributed by atoms with Gasteiger partial charge < -0.3 is 10.1 Å². The van der Waals surface area contributed by atoms with Crippen molar-refractivity contribution in [2.45, 2.75) is 43.6 Å². The normalized spacial score (nSPS) is 25.9. The van der Waals surface area contributed by atoms with Crippen LogP contribution in [-0.4, -0.2) is 25.8 Å². The molecule has 1 unspecified atom stereocenters. The lowest BCUT2D eigenvalue weighted by Gasteiger charge is -2.24. The van der Waals surface area contributed by atoms with Gasteiger partial charge in [-0.25, -0.2) is 0 Å². The highest BCUT2D eigenvalue weighted by Crippen LogP contribution is 2.42. The predicted octanol–water partition coefficient (Wildman–Crippen LogP) is 2.88. The summed E-state index contributed by atoms with van der Waals surface area (Å²) in [4.78, 5) is 0. The molecule has 2 nitrogen and oxygen atoms in total. The van der Waals surface area contributed by atoms with Crippen LogP contribution in [-0.2, 0) is 11.2 Å². The topological polar surface area (TPSA) is 21.3 Å². The Bertz CT molecular complexity index is 405. The van der Waals surface area contributed by atoms with Gasteiger partial charge in [0, 0.05) is 20.1 Å². The summed E-state index contributed by atoms with van der Waals surface area (Å²) < 4.78 is 5.63. The third-order valence-corrected chi connectivity index (χ3v) is 4.49. The average Bonchev–Trinajstić information content (AvgIpc) is 3.20. The van der Waals surface area contributed by atoms with Crippen LogP contribution in [0.15, 0.2) is 24.3 Å². The van der Waals surface area contributed by atoms with Crippen LogP contribution in [0.1, 0.15) is 42.7 Å². The average molecular weight is 245 g/mol. The molecule has 2 heteroatoms. The maximum absolute atomic E-state index is 5.63. The second-order valence-electron chi connectivity index (χ2n) is 5.85. The van der Waals surface area contributed by atoms with Crippen LogP contribution in [0.3, 0.4) is 0 Å². The summed E-state index contributed by atoms with van der Waals surface area (Å²) in [6.07, 6.45) is 6.15. The first-order chi connectivity index (χ1) is 8.81. The van der Waals surface area contributed by atoms with E-state index in [2.05, 4.69) is 29.6 Å². The molecule has 1 heterocycles. The Balaban J connectivity index is 1.72. The molecule has 1 N–H and O–H groups in total. The molecule has 0 aromatic heterocycles. The fourth-order valence-electron chi connectivity index (χ4n) is 3.06. The van der Waals surface area contributed by atoms with Crippen LogP contribution in [0.4, 0.5) is 0 Å². The molecule has 1 atom stereocenters. The number of ether oxygens (including phenoxy) is 1. The maximum atomic E-state index is 5.63. The molecule has 1 aromatic rings. The molecular weight excluding hydrogens is 222 g/mol. The molecule has 0 radical (unpaired) electrons. The minimum Gasteiger partial charge on any atom is -0.378 e. The standard InChI is InChI=1S/C16H23NO/c1-18-16(7-8-16)11-13-4-2-5-14(10-13)15-6-3-9-17-12-15/h2,4-5,10,15,17H,3,6-9,11-12H2,1H3. The first kappa shape index (κ1) is 12.2. The SMILES string of the molecule is COC1(Cc2cccc(C3CCCNC3)c2)CC1. The zero-order chi connectivity index (χ0) is 12.4. The van der Waals surface area contributed by atoms with Crippen LogP contribution in [0.5, 0.6) is 0 Å². The number of hydrogen-bond acceptors (Lipinski definition) is 2. The van der Waals surface area contributed by atoms with Gasteiger partial charge in [0.2, 0.25) is 0 Å². The first-order valence-corrected chi connectivity index (χ1v) is 7.16. The van der Waals surface area contributed by atoms with E-state index < -0.39 is 0 Å². The van der Waals surface area contributed by atoms with E-state index in [0.717, 1.165) is 13.0 Å². The van der Waals surface area contributed by atoms with Gasteiger partial charge >= 0.3 is 0 Å². The number of rotatable bonds is 4. The Labute approximate surface area is 110 Å². The van der Waals surface area contributed by atoms with Crippen molar-refractivity contribution in [1.29, 1.82) is 0 Å². The van der Waals surface area contributed by atoms with Gasteiger partial charge in [-0.2, -0.15) is 0 Å². The van der Waals surface area contributed by atoms with Crippen LogP contribution in [0.25, 0.3) is 0 Å². The summed E-state index contributed by atoms with van der Waals surface area (Å²) >= 11 is 0. The van der Waals surface area contributed by atoms with Gasteiger partial charge in [0.1, 0.15) is 0 Å². The van der Waals surface area contributed by atoms with Crippen molar-refractivity contribution >= 4 is 0 Å². The van der Waals surface area contributed by atoms with Crippen molar-refractivity contribution < 1.29 is 4.74 Å². The van der Waals surface area contributed by atoms with Gasteiger partial charge in [-0.3, -0.25) is 0 Å². The molecule has 1 saturated heterocycles. The second kappa shape index (κ2) is 5.02. The highest BCUT2D eigenvalue weighted by atomic mass is 16.5. The van der Waals surface area contributed by atoms with Gasteiger partial charge in [-0.05, 0) is 49.3 Å². The van der Waals surface area contributed by atoms with Crippen LogP contribution < -0.4 is 5.32 Å². The Morgan fingerprint density at radius 2 is 2.28 bits per heavy atom. The van der Waals surface area contributed by atoms with Crippen LogP contribution in [0, 0.1) is 0 Å². The minimum atomic E-state index is 0.170. The number of hydrogen-bond donors (Lipinski definition) is 1. The Morgan fingerprint density at radius 3 is 2.94 bits per heavy atom. The number of piperidine rings is 1. The molecule has 2 fully saturated rings. The van der Waals surface area contributed by atoms with Gasteiger partial charge in [0.15, 0.2) is 0 Å². The predicted molar refractivity (Wildman–Crippen MR) is 74.0 cm³/mol. The van der Waals surface area contributed by atoms with E-state index in [1.807, 2.05) is 7.11 Å². The van der Waals surface area contributed by atoms with Crippen molar-refractivity contribution in [3.05, 3.63) is 35.4 Å². The zero-order valence-corrected chi connectivity index (χ0v) is 11.2. The fourth-order valence-corrected chi connectivity index (χ4v) is 3.06. The molecule has 1 aromatic carbocycles. The van der Waals surface area contributed by atoms with Gasteiger partial charge in [-0.15, -0.1) is 0 Å². The highest BCUT2D eigenvalue weighted by Gasteiger charge is 2.42. The van der Waals surface area contributed by atoms with E-state index >= 15 is 0 Å². The molecule has 3 rings (SSSR count). The molecule has 2 aliphatic rings. The second-order valence-corrected chi connectivity index (χ2v) is 5.85. The molecular formula is C16H23NO. The number of nitrogens with one attached hydrogen (secondary N) is 1. The lowest BCUT2D eigenvalue weighted by atomic mass is 9.90. The Hall–Kier alpha value is -0.860. The third kappa shape index (κ3) is 2.60. The summed E-state index contributed by atoms with van der Waals surface area (Å²) in [6, 6.07) is 9.15. The molecule has 1 aliphatic heterocycles. The van der Waals surface area contributed by atoms with Gasteiger partial charge in [0.05, 0.1) is 5.60 Å². The molecule has 0 bridgehead atoms. The van der Waals surface area contributed by atoms with Gasteiger partial charge in [-0.1, -0.05) is 24.3 Å². The van der Waals surface area contributed by atoms with Crippen molar-refractivity contribution in [3.8, 4) is 0 Å². The van der Waals surface area contributed by atoms with Crippen molar-refractivity contribution in [1.82, 2.24) is 5.32 Å². The summed E-state index contributed by atoms with van der Waals surface area (Å²) in [6.45, 7) is 2.32. The fraction of sp³-hybridized carbons (Fsp3) is 0.625. The van der Waals surface area contributed by atoms with E-state index in [4.69, 9.17) is 4.74 Å². The van der Waals surface area contributed by atoms with E-state index in [-0.39, 0.29) is 5.60 Å². The lowest BCUT2D eigenvalue weighted by Crippen LogP contribution is -2.28. The molecule has 18 heavy (non-hydrogen) atoms. The summed E-state index contributed by atoms with van der Waals surface area (Å²) in [7, 11) is 1.85. The van der Waals surface area contributed by atoms with E-state index in [0.29, 0.717) is 5.92 Å². The molecule has 1 saturated carbocycles. The molecule has 0 spiro atoms. The van der Waals surface area contributed by atoms with E-state index in [1.165, 1.54) is 43.4 Å². The number of benzene rings is 1. The third-order valence-electron chi connectivity index (χ3n) is 4.49. The smallest absolute Gasteiger partial charge is 0.0721 e. The monoisotopic (exact) mass is 245 g/mol. The number of methoxy groups -OCH3 is 1. The highest BCUT2D eigenvalue weighted by molar-refractivity contribution is 5.29. The van der Waals surface area contributed by atoms with Gasteiger partial charge in [0.25, 0.3) is 0 Å². The summed E-state index contributed by atoms with van der Waals surface area (Å²) in [5, 5.41) is 3.50. The van der Waals surface area contributed by atoms with Crippen LogP contribution in [0.2, 0.25) is 0 Å². The van der Waals surface area contributed by atoms with E-state index in [9.17, 15) is 0 Å². The Morgan fingerprint density at radius 1 is 1.39 bits per heavy atom. The Kier molecular flexibility index (Phi) is 3.40. The van der Waals surface area contributed by atoms with Crippen molar-refractivity contribution in [3.63, 3.8) is 0 Å². The molecule has 98 valence electrons. The quantitative estimate of drug-likeness (QED) is 0.880. The van der Waals surface area contributed by atoms with Crippen molar-refractivity contribution in [2.75, 3.05) is 20.2 Å². The van der Waals surface area contributed by atoms with Crippen LogP contribution >= 0.6 is 0 Å². The van der Waals surface area contributed by atoms with E-state index in [1.54, 1.807) is 0 Å². The molecule has 0 amide bonds. The summed E-state index contributed by atoms with van der Waals surface area (Å²) in [5.41, 5.74) is 3.12. The summed E-state index contributed by atoms with van der Waals surface area (Å²) in [5.74, 6) is 0.705. The molecule has 1 aliphatic carbocycles. The van der Waals surface area contributed by atoms with Crippen molar-refractivity contribution in [2.24, 2.45) is 0 Å². The lowest BCUT2D eigenvalue weighted by molar-refractivity contribution is 0.0807.